The van der Waals surface area contributed by atoms with Gasteiger partial charge in [0.05, 0.1) is 35.0 Å². The van der Waals surface area contributed by atoms with Gasteiger partial charge in [0.25, 0.3) is 0 Å². The monoisotopic (exact) mass is 754 g/mol. The van der Waals surface area contributed by atoms with Crippen LogP contribution in [0.1, 0.15) is 67.3 Å². The van der Waals surface area contributed by atoms with Crippen LogP contribution in [-0.2, 0) is 19.2 Å². The maximum absolute atomic E-state index is 14.6. The number of phenolic OH excluding ortho intramolecular Hbond substituents is 1. The molecule has 1 N–H and O–H groups in total. The van der Waals surface area contributed by atoms with E-state index in [1.54, 1.807) is 111 Å². The van der Waals surface area contributed by atoms with E-state index in [2.05, 4.69) is 0 Å². The number of nitrogens with zero attached hydrogens (tertiary/aromatic N) is 2. The molecule has 9 rings (SSSR count). The summed E-state index contributed by atoms with van der Waals surface area (Å²) in [6.45, 7) is 3.58. The second kappa shape index (κ2) is 13.8. The lowest BCUT2D eigenvalue weighted by atomic mass is 9.57. The van der Waals surface area contributed by atoms with Crippen LogP contribution in [-0.4, -0.2) is 40.3 Å². The van der Waals surface area contributed by atoms with Gasteiger partial charge in [0.1, 0.15) is 5.75 Å². The highest BCUT2D eigenvalue weighted by molar-refractivity contribution is 6.24. The van der Waals surface area contributed by atoms with Crippen molar-refractivity contribution in [2.24, 2.45) is 29.6 Å². The van der Waals surface area contributed by atoms with Crippen molar-refractivity contribution in [3.63, 3.8) is 0 Å². The molecule has 2 saturated heterocycles. The Bertz CT molecular complexity index is 2520. The molecular formula is C48H38N2O7. The fourth-order valence-corrected chi connectivity index (χ4v) is 9.68. The summed E-state index contributed by atoms with van der Waals surface area (Å²) in [6, 6.07) is 34.4. The Morgan fingerprint density at radius 3 is 1.47 bits per heavy atom. The van der Waals surface area contributed by atoms with Gasteiger partial charge in [-0.1, -0.05) is 84.4 Å². The second-order valence-corrected chi connectivity index (χ2v) is 15.5. The van der Waals surface area contributed by atoms with Crippen LogP contribution in [0.4, 0.5) is 11.4 Å². The van der Waals surface area contributed by atoms with Gasteiger partial charge < -0.3 is 5.11 Å². The summed E-state index contributed by atoms with van der Waals surface area (Å²) in [5.41, 5.74) is 5.47. The molecule has 5 aromatic rings. The number of ketones is 2. The number of rotatable bonds is 7. The summed E-state index contributed by atoms with van der Waals surface area (Å²) in [5, 5.41) is 10.7. The summed E-state index contributed by atoms with van der Waals surface area (Å²) in [6.07, 6.45) is 2.48. The second-order valence-electron chi connectivity index (χ2n) is 15.5. The largest absolute Gasteiger partial charge is 0.507 e. The van der Waals surface area contributed by atoms with Crippen molar-refractivity contribution in [1.82, 2.24) is 0 Å². The highest BCUT2D eigenvalue weighted by atomic mass is 16.3. The third-order valence-electron chi connectivity index (χ3n) is 12.4. The third kappa shape index (κ3) is 5.76. The number of fused-ring (bicyclic) bond motifs is 4. The zero-order valence-corrected chi connectivity index (χ0v) is 31.3. The SMILES string of the molecule is Cc1cc([C@H]2C3=CC[C@@H]4C(=O)N(c5ccc(C(=O)c6ccccc6)cc5)C(=O)[C@@H]4[C@@H]3C[C@H]3C(=O)N(c4ccc(C(=O)c5ccccc5)cc4)C(=O)[C@@H]23)cc(C)c1O. The van der Waals surface area contributed by atoms with E-state index in [1.165, 1.54) is 9.80 Å². The zero-order chi connectivity index (χ0) is 39.7. The van der Waals surface area contributed by atoms with Gasteiger partial charge in [-0.3, -0.25) is 38.6 Å². The Morgan fingerprint density at radius 2 is 0.982 bits per heavy atom. The smallest absolute Gasteiger partial charge is 0.238 e. The molecule has 4 amide bonds. The van der Waals surface area contributed by atoms with Gasteiger partial charge in [-0.05, 0) is 97.8 Å². The number of hydrogen-bond donors (Lipinski definition) is 1. The molecule has 2 heterocycles. The van der Waals surface area contributed by atoms with Crippen molar-refractivity contribution in [1.29, 1.82) is 0 Å². The molecule has 0 spiro atoms. The predicted molar refractivity (Wildman–Crippen MR) is 213 cm³/mol. The highest BCUT2D eigenvalue weighted by Gasteiger charge is 2.62. The van der Waals surface area contributed by atoms with E-state index in [1.807, 2.05) is 30.3 Å². The van der Waals surface area contributed by atoms with Crippen LogP contribution in [0.15, 0.2) is 133 Å². The molecule has 6 atom stereocenters. The van der Waals surface area contributed by atoms with Crippen LogP contribution >= 0.6 is 0 Å². The molecule has 1 saturated carbocycles. The van der Waals surface area contributed by atoms with Crippen LogP contribution in [0.2, 0.25) is 0 Å². The van der Waals surface area contributed by atoms with E-state index in [4.69, 9.17) is 0 Å². The predicted octanol–water partition coefficient (Wildman–Crippen LogP) is 7.52. The number of anilines is 2. The lowest BCUT2D eigenvalue weighted by Gasteiger charge is -2.44. The van der Waals surface area contributed by atoms with Crippen LogP contribution in [0.5, 0.6) is 5.75 Å². The van der Waals surface area contributed by atoms with Crippen LogP contribution in [0.25, 0.3) is 0 Å². The molecule has 282 valence electrons. The van der Waals surface area contributed by atoms with Crippen molar-refractivity contribution in [2.45, 2.75) is 32.6 Å². The first kappa shape index (κ1) is 35.9. The number of aryl methyl sites for hydroxylation is 2. The van der Waals surface area contributed by atoms with Crippen molar-refractivity contribution in [2.75, 3.05) is 9.80 Å². The Morgan fingerprint density at radius 1 is 0.544 bits per heavy atom. The molecule has 2 aliphatic carbocycles. The molecule has 4 aliphatic rings. The molecule has 9 nitrogen and oxygen atoms in total. The Balaban J connectivity index is 1.06. The maximum Gasteiger partial charge on any atom is 0.238 e. The fourth-order valence-electron chi connectivity index (χ4n) is 9.68. The lowest BCUT2D eigenvalue weighted by molar-refractivity contribution is -0.126. The van der Waals surface area contributed by atoms with Gasteiger partial charge >= 0.3 is 0 Å². The first-order valence-corrected chi connectivity index (χ1v) is 19.2. The Kier molecular flexibility index (Phi) is 8.68. The van der Waals surface area contributed by atoms with E-state index >= 15 is 0 Å². The first-order valence-electron chi connectivity index (χ1n) is 19.2. The zero-order valence-electron chi connectivity index (χ0n) is 31.3. The van der Waals surface area contributed by atoms with E-state index in [9.17, 15) is 33.9 Å². The molecular weight excluding hydrogens is 717 g/mol. The van der Waals surface area contributed by atoms with Crippen molar-refractivity contribution >= 4 is 46.6 Å². The summed E-state index contributed by atoms with van der Waals surface area (Å²) in [7, 11) is 0. The topological polar surface area (TPSA) is 129 Å². The normalized spacial score (nSPS) is 23.9. The number of phenols is 1. The number of allylic oxidation sites excluding steroid dienone is 2. The number of aromatic hydroxyl groups is 1. The molecule has 0 radical (unpaired) electrons. The Hall–Kier alpha value is -6.74. The highest BCUT2D eigenvalue weighted by Crippen LogP contribution is 2.58. The summed E-state index contributed by atoms with van der Waals surface area (Å²) in [4.78, 5) is 86.5. The van der Waals surface area contributed by atoms with Crippen molar-refractivity contribution in [3.05, 3.63) is 172 Å². The van der Waals surface area contributed by atoms with E-state index < -0.39 is 41.4 Å². The van der Waals surface area contributed by atoms with Gasteiger partial charge in [0.2, 0.25) is 23.6 Å². The van der Waals surface area contributed by atoms with Gasteiger partial charge in [0.15, 0.2) is 11.6 Å². The van der Waals surface area contributed by atoms with Gasteiger partial charge in [0, 0.05) is 28.2 Å². The molecule has 2 aliphatic heterocycles. The molecule has 3 fully saturated rings. The minimum Gasteiger partial charge on any atom is -0.507 e. The number of carbonyl (C=O) groups excluding carboxylic acids is 6. The average Bonchev–Trinajstić information content (AvgIpc) is 3.65. The number of amides is 4. The number of carbonyl (C=O) groups is 6. The van der Waals surface area contributed by atoms with Crippen molar-refractivity contribution in [3.8, 4) is 5.75 Å². The summed E-state index contributed by atoms with van der Waals surface area (Å²) >= 11 is 0. The number of imide groups is 2. The standard InChI is InChI=1S/C48H38N2O7/c1-26-23-32(24-27(2)42(26)51)39-35-21-22-36-40(47(56)49(45(36)54)33-17-13-30(14-18-33)43(52)28-9-5-3-6-10-28)37(35)25-38-41(39)48(57)50(46(38)55)34-19-15-31(16-20-34)44(53)29-11-7-4-8-12-29/h3-21,23-24,36-41,51H,22,25H2,1-2H3/t36-,37+,38+,39-,40-,41+/m0/s1. The number of benzene rings is 5. The van der Waals surface area contributed by atoms with Gasteiger partial charge in [-0.15, -0.1) is 0 Å². The lowest BCUT2D eigenvalue weighted by Crippen LogP contribution is -2.43. The minimum absolute atomic E-state index is 0.143. The van der Waals surface area contributed by atoms with E-state index in [0.717, 1.165) is 11.1 Å². The fraction of sp³-hybridized carbons (Fsp3) is 0.208. The average molecular weight is 755 g/mol. The first-order chi connectivity index (χ1) is 27.5. The minimum atomic E-state index is -0.788. The van der Waals surface area contributed by atoms with E-state index in [-0.39, 0.29) is 47.9 Å². The number of hydrogen-bond acceptors (Lipinski definition) is 7. The van der Waals surface area contributed by atoms with E-state index in [0.29, 0.717) is 44.8 Å². The molecule has 5 aromatic carbocycles. The third-order valence-corrected chi connectivity index (χ3v) is 12.4. The molecule has 57 heavy (non-hydrogen) atoms. The molecule has 0 aromatic heterocycles. The van der Waals surface area contributed by atoms with Crippen LogP contribution in [0, 0.1) is 43.4 Å². The molecule has 0 bridgehead atoms. The van der Waals surface area contributed by atoms with Crippen LogP contribution < -0.4 is 9.80 Å². The Labute approximate surface area is 329 Å². The molecule has 9 heteroatoms. The van der Waals surface area contributed by atoms with Crippen LogP contribution in [0.3, 0.4) is 0 Å². The summed E-state index contributed by atoms with van der Waals surface area (Å²) in [5.74, 6) is -5.77. The maximum atomic E-state index is 14.6. The van der Waals surface area contributed by atoms with Gasteiger partial charge in [-0.25, -0.2) is 0 Å². The van der Waals surface area contributed by atoms with Gasteiger partial charge in [-0.2, -0.15) is 0 Å². The van der Waals surface area contributed by atoms with Crippen molar-refractivity contribution < 1.29 is 33.9 Å². The quantitative estimate of drug-likeness (QED) is 0.103. The molecule has 0 unspecified atom stereocenters. The summed E-state index contributed by atoms with van der Waals surface area (Å²) < 4.78 is 0.